The fraction of sp³-hybridized carbons (Fsp3) is 0.500. The molecular formula is C12H21IN4O. The van der Waals surface area contributed by atoms with Crippen molar-refractivity contribution in [1.29, 1.82) is 0 Å². The van der Waals surface area contributed by atoms with Gasteiger partial charge in [-0.3, -0.25) is 4.98 Å². The number of aryl methyl sites for hydroxylation is 1. The summed E-state index contributed by atoms with van der Waals surface area (Å²) < 4.78 is 5.00. The van der Waals surface area contributed by atoms with Gasteiger partial charge < -0.3 is 15.8 Å². The van der Waals surface area contributed by atoms with Crippen molar-refractivity contribution in [2.24, 2.45) is 10.7 Å². The third-order valence-electron chi connectivity index (χ3n) is 2.17. The molecule has 18 heavy (non-hydrogen) atoms. The summed E-state index contributed by atoms with van der Waals surface area (Å²) in [6.07, 6.45) is 3.61. The third kappa shape index (κ3) is 6.75. The average Bonchev–Trinajstić information content (AvgIpc) is 2.27. The molecule has 0 aliphatic rings. The van der Waals surface area contributed by atoms with Gasteiger partial charge in [0.05, 0.1) is 13.2 Å². The maximum absolute atomic E-state index is 5.75. The Morgan fingerprint density at radius 1 is 1.56 bits per heavy atom. The van der Waals surface area contributed by atoms with Crippen LogP contribution in [-0.4, -0.2) is 30.7 Å². The van der Waals surface area contributed by atoms with Crippen LogP contribution in [0.4, 0.5) is 0 Å². The highest BCUT2D eigenvalue weighted by atomic mass is 127. The van der Waals surface area contributed by atoms with Crippen LogP contribution in [0.25, 0.3) is 0 Å². The molecule has 1 aromatic rings. The first-order valence-electron chi connectivity index (χ1n) is 5.57. The van der Waals surface area contributed by atoms with Crippen LogP contribution in [0.3, 0.4) is 0 Å². The number of rotatable bonds is 5. The number of nitrogens with zero attached hydrogens (tertiary/aromatic N) is 2. The largest absolute Gasteiger partial charge is 0.383 e. The number of pyridine rings is 1. The van der Waals surface area contributed by atoms with E-state index < -0.39 is 0 Å². The van der Waals surface area contributed by atoms with Gasteiger partial charge in [0.1, 0.15) is 0 Å². The van der Waals surface area contributed by atoms with Crippen LogP contribution in [0.5, 0.6) is 0 Å². The highest BCUT2D eigenvalue weighted by molar-refractivity contribution is 14.0. The maximum Gasteiger partial charge on any atom is 0.189 e. The van der Waals surface area contributed by atoms with E-state index in [2.05, 4.69) is 15.3 Å². The highest BCUT2D eigenvalue weighted by Gasteiger charge is 2.01. The molecule has 0 spiro atoms. The summed E-state index contributed by atoms with van der Waals surface area (Å²) in [6.45, 7) is 5.12. The molecule has 102 valence electrons. The zero-order valence-corrected chi connectivity index (χ0v) is 13.3. The molecule has 0 aliphatic heterocycles. The summed E-state index contributed by atoms with van der Waals surface area (Å²) in [7, 11) is 1.66. The van der Waals surface area contributed by atoms with Gasteiger partial charge in [-0.05, 0) is 25.0 Å². The number of ether oxygens (including phenoxy) is 1. The van der Waals surface area contributed by atoms with E-state index >= 15 is 0 Å². The Bertz CT molecular complexity index is 384. The average molecular weight is 364 g/mol. The number of guanidine groups is 1. The molecule has 0 bridgehead atoms. The molecular weight excluding hydrogens is 343 g/mol. The third-order valence-corrected chi connectivity index (χ3v) is 2.17. The van der Waals surface area contributed by atoms with Gasteiger partial charge in [-0.1, -0.05) is 6.07 Å². The number of methoxy groups -OCH3 is 1. The van der Waals surface area contributed by atoms with Gasteiger partial charge in [-0.25, -0.2) is 4.99 Å². The summed E-state index contributed by atoms with van der Waals surface area (Å²) in [4.78, 5) is 8.35. The van der Waals surface area contributed by atoms with E-state index in [0.29, 0.717) is 19.1 Å². The number of halogens is 1. The fourth-order valence-electron chi connectivity index (χ4n) is 1.47. The summed E-state index contributed by atoms with van der Waals surface area (Å²) in [5.41, 5.74) is 7.93. The van der Waals surface area contributed by atoms with E-state index in [-0.39, 0.29) is 30.0 Å². The molecule has 0 aromatic carbocycles. The second kappa shape index (κ2) is 9.09. The lowest BCUT2D eigenvalue weighted by molar-refractivity contribution is 0.179. The number of hydrogen-bond donors (Lipinski definition) is 2. The topological polar surface area (TPSA) is 72.5 Å². The first kappa shape index (κ1) is 17.1. The van der Waals surface area contributed by atoms with Gasteiger partial charge in [-0.2, -0.15) is 0 Å². The standard InChI is InChI=1S/C12H20N4O.HI/c1-9-4-11(6-14-5-9)7-15-12(13)16-10(2)8-17-3;/h4-6,10H,7-8H2,1-3H3,(H3,13,15,16);1H. The predicted molar refractivity (Wildman–Crippen MR) is 84.2 cm³/mol. The second-order valence-electron chi connectivity index (χ2n) is 4.07. The van der Waals surface area contributed by atoms with Gasteiger partial charge in [-0.15, -0.1) is 24.0 Å². The maximum atomic E-state index is 5.75. The normalized spacial score (nSPS) is 12.7. The zero-order valence-electron chi connectivity index (χ0n) is 11.0. The fourth-order valence-corrected chi connectivity index (χ4v) is 1.47. The highest BCUT2D eigenvalue weighted by Crippen LogP contribution is 2.02. The second-order valence-corrected chi connectivity index (χ2v) is 4.07. The molecule has 1 atom stereocenters. The first-order chi connectivity index (χ1) is 8.11. The van der Waals surface area contributed by atoms with E-state index in [4.69, 9.17) is 10.5 Å². The molecule has 3 N–H and O–H groups in total. The molecule has 0 saturated heterocycles. The summed E-state index contributed by atoms with van der Waals surface area (Å²) in [6, 6.07) is 2.20. The van der Waals surface area contributed by atoms with Crippen molar-refractivity contribution in [3.63, 3.8) is 0 Å². The summed E-state index contributed by atoms with van der Waals surface area (Å²) in [5.74, 6) is 0.427. The minimum absolute atomic E-state index is 0. The van der Waals surface area contributed by atoms with Crippen molar-refractivity contribution in [2.45, 2.75) is 26.4 Å². The Kier molecular flexibility index (Phi) is 8.65. The molecule has 1 rings (SSSR count). The number of aromatic nitrogens is 1. The van der Waals surface area contributed by atoms with E-state index in [1.54, 1.807) is 13.3 Å². The van der Waals surface area contributed by atoms with E-state index in [1.807, 2.05) is 26.1 Å². The SMILES string of the molecule is COCC(C)NC(N)=NCc1cncc(C)c1.I. The molecule has 1 aromatic heterocycles. The minimum atomic E-state index is 0. The van der Waals surface area contributed by atoms with Crippen molar-refractivity contribution >= 4 is 29.9 Å². The van der Waals surface area contributed by atoms with Crippen LogP contribution >= 0.6 is 24.0 Å². The predicted octanol–water partition coefficient (Wildman–Crippen LogP) is 1.45. The molecule has 1 unspecified atom stereocenters. The van der Waals surface area contributed by atoms with Crippen molar-refractivity contribution in [1.82, 2.24) is 10.3 Å². The smallest absolute Gasteiger partial charge is 0.189 e. The molecule has 5 nitrogen and oxygen atoms in total. The van der Waals surface area contributed by atoms with E-state index in [0.717, 1.165) is 11.1 Å². The van der Waals surface area contributed by atoms with Crippen LogP contribution in [-0.2, 0) is 11.3 Å². The lowest BCUT2D eigenvalue weighted by Gasteiger charge is -2.12. The van der Waals surface area contributed by atoms with E-state index in [1.165, 1.54) is 0 Å². The summed E-state index contributed by atoms with van der Waals surface area (Å²) >= 11 is 0. The van der Waals surface area contributed by atoms with Crippen molar-refractivity contribution in [3.05, 3.63) is 29.6 Å². The van der Waals surface area contributed by atoms with Crippen LogP contribution in [0.1, 0.15) is 18.1 Å². The van der Waals surface area contributed by atoms with Gasteiger partial charge in [0.25, 0.3) is 0 Å². The minimum Gasteiger partial charge on any atom is -0.383 e. The van der Waals surface area contributed by atoms with Crippen LogP contribution < -0.4 is 11.1 Å². The van der Waals surface area contributed by atoms with Gasteiger partial charge in [0, 0.05) is 25.5 Å². The molecule has 6 heteroatoms. The first-order valence-corrected chi connectivity index (χ1v) is 5.57. The number of nitrogens with two attached hydrogens (primary N) is 1. The van der Waals surface area contributed by atoms with Crippen LogP contribution in [0.2, 0.25) is 0 Å². The van der Waals surface area contributed by atoms with Gasteiger partial charge >= 0.3 is 0 Å². The number of nitrogens with one attached hydrogen (secondary N) is 1. The number of aliphatic imine (C=N–C) groups is 1. The molecule has 0 aliphatic carbocycles. The molecule has 0 amide bonds. The number of hydrogen-bond acceptors (Lipinski definition) is 3. The molecule has 0 radical (unpaired) electrons. The van der Waals surface area contributed by atoms with Crippen molar-refractivity contribution in [3.8, 4) is 0 Å². The molecule has 0 fully saturated rings. The van der Waals surface area contributed by atoms with Crippen LogP contribution in [0, 0.1) is 6.92 Å². The molecule has 1 heterocycles. The zero-order chi connectivity index (χ0) is 12.7. The summed E-state index contributed by atoms with van der Waals surface area (Å²) in [5, 5.41) is 3.05. The Morgan fingerprint density at radius 3 is 2.89 bits per heavy atom. The quantitative estimate of drug-likeness (QED) is 0.471. The van der Waals surface area contributed by atoms with Gasteiger partial charge in [0.2, 0.25) is 0 Å². The Morgan fingerprint density at radius 2 is 2.28 bits per heavy atom. The Balaban J connectivity index is 0.00000289. The lowest BCUT2D eigenvalue weighted by Crippen LogP contribution is -2.40. The van der Waals surface area contributed by atoms with E-state index in [9.17, 15) is 0 Å². The Labute approximate surface area is 125 Å². The van der Waals surface area contributed by atoms with Crippen molar-refractivity contribution in [2.75, 3.05) is 13.7 Å². The lowest BCUT2D eigenvalue weighted by atomic mass is 10.2. The monoisotopic (exact) mass is 364 g/mol. The molecule has 0 saturated carbocycles. The Hall–Kier alpha value is -0.890. The van der Waals surface area contributed by atoms with Crippen LogP contribution in [0.15, 0.2) is 23.5 Å². The van der Waals surface area contributed by atoms with Crippen molar-refractivity contribution < 1.29 is 4.74 Å². The van der Waals surface area contributed by atoms with Gasteiger partial charge in [0.15, 0.2) is 5.96 Å².